The zero-order chi connectivity index (χ0) is 26.5. The van der Waals surface area contributed by atoms with E-state index in [1.165, 1.54) is 17.0 Å². The SMILES string of the molecule is CCOC(=O)N1CCN(C(=O)C(Cc2cccc(C(=O)O)c2)C(=O)c2ccc3ccccc3c2N)CC1. The van der Waals surface area contributed by atoms with E-state index >= 15 is 0 Å². The number of hydrogen-bond donors (Lipinski definition) is 2. The smallest absolute Gasteiger partial charge is 0.409 e. The summed E-state index contributed by atoms with van der Waals surface area (Å²) < 4.78 is 5.05. The van der Waals surface area contributed by atoms with E-state index in [-0.39, 0.29) is 56.2 Å². The average molecular weight is 504 g/mol. The van der Waals surface area contributed by atoms with E-state index in [9.17, 15) is 24.3 Å². The van der Waals surface area contributed by atoms with Crippen LogP contribution in [0, 0.1) is 5.92 Å². The van der Waals surface area contributed by atoms with E-state index in [0.29, 0.717) is 11.3 Å². The summed E-state index contributed by atoms with van der Waals surface area (Å²) in [4.78, 5) is 54.2. The molecule has 9 nitrogen and oxygen atoms in total. The first-order chi connectivity index (χ1) is 17.8. The summed E-state index contributed by atoms with van der Waals surface area (Å²) in [5.41, 5.74) is 7.56. The molecular formula is C28H29N3O6. The van der Waals surface area contributed by atoms with Gasteiger partial charge in [-0.25, -0.2) is 9.59 Å². The van der Waals surface area contributed by atoms with Gasteiger partial charge in [0.15, 0.2) is 5.78 Å². The summed E-state index contributed by atoms with van der Waals surface area (Å²) in [7, 11) is 0. The molecule has 1 atom stereocenters. The Labute approximate surface area is 214 Å². The minimum atomic E-state index is -1.11. The van der Waals surface area contributed by atoms with Crippen molar-refractivity contribution in [3.63, 3.8) is 0 Å². The summed E-state index contributed by atoms with van der Waals surface area (Å²) in [6.45, 7) is 3.08. The highest BCUT2D eigenvalue weighted by atomic mass is 16.6. The standard InChI is InChI=1S/C28H29N3O6/c1-2-37-28(36)31-14-12-30(13-15-31)26(33)23(17-18-6-5-8-20(16-18)27(34)35)25(32)22-11-10-19-7-3-4-9-21(19)24(22)29/h3-11,16,23H,2,12-15,17,29H2,1H3,(H,34,35). The molecule has 9 heteroatoms. The first-order valence-corrected chi connectivity index (χ1v) is 12.1. The van der Waals surface area contributed by atoms with Gasteiger partial charge in [0.1, 0.15) is 5.92 Å². The molecule has 3 aromatic carbocycles. The molecule has 3 aromatic rings. The summed E-state index contributed by atoms with van der Waals surface area (Å²) in [5.74, 6) is -3.02. The third kappa shape index (κ3) is 5.55. The monoisotopic (exact) mass is 503 g/mol. The Hall–Kier alpha value is -4.40. The fraction of sp³-hybridized carbons (Fsp3) is 0.286. The number of aromatic carboxylic acids is 1. The molecule has 0 aliphatic carbocycles. The zero-order valence-electron chi connectivity index (χ0n) is 20.6. The van der Waals surface area contributed by atoms with E-state index in [1.54, 1.807) is 36.1 Å². The normalized spacial score (nSPS) is 14.3. The van der Waals surface area contributed by atoms with Gasteiger partial charge >= 0.3 is 12.1 Å². The van der Waals surface area contributed by atoms with Crippen LogP contribution in [0.5, 0.6) is 0 Å². The predicted octanol–water partition coefficient (Wildman–Crippen LogP) is 3.46. The maximum atomic E-state index is 13.8. The fourth-order valence-corrected chi connectivity index (χ4v) is 4.60. The highest BCUT2D eigenvalue weighted by Gasteiger charge is 2.35. The second-order valence-electron chi connectivity index (χ2n) is 8.89. The number of carbonyl (C=O) groups excluding carboxylic acids is 3. The average Bonchev–Trinajstić information content (AvgIpc) is 2.92. The van der Waals surface area contributed by atoms with Gasteiger partial charge in [-0.2, -0.15) is 0 Å². The summed E-state index contributed by atoms with van der Waals surface area (Å²) >= 11 is 0. The quantitative estimate of drug-likeness (QED) is 0.287. The molecule has 3 N–H and O–H groups in total. The molecule has 0 aromatic heterocycles. The Kier molecular flexibility index (Phi) is 7.71. The number of ketones is 1. The molecular weight excluding hydrogens is 474 g/mol. The summed E-state index contributed by atoms with van der Waals surface area (Å²) in [6.07, 6.45) is -0.417. The zero-order valence-corrected chi connectivity index (χ0v) is 20.6. The van der Waals surface area contributed by atoms with Crippen molar-refractivity contribution in [2.75, 3.05) is 38.5 Å². The van der Waals surface area contributed by atoms with Gasteiger partial charge in [0.25, 0.3) is 0 Å². The number of anilines is 1. The maximum absolute atomic E-state index is 13.8. The van der Waals surface area contributed by atoms with Gasteiger partial charge in [-0.1, -0.05) is 42.5 Å². The van der Waals surface area contributed by atoms with Crippen molar-refractivity contribution in [2.45, 2.75) is 13.3 Å². The number of nitrogens with two attached hydrogens (primary N) is 1. The molecule has 0 saturated carbocycles. The molecule has 1 unspecified atom stereocenters. The minimum Gasteiger partial charge on any atom is -0.478 e. The molecule has 0 spiro atoms. The first-order valence-electron chi connectivity index (χ1n) is 12.1. The van der Waals surface area contributed by atoms with Crippen molar-refractivity contribution in [1.82, 2.24) is 9.80 Å². The van der Waals surface area contributed by atoms with Gasteiger partial charge in [-0.3, -0.25) is 9.59 Å². The minimum absolute atomic E-state index is 0.0170. The van der Waals surface area contributed by atoms with Crippen molar-refractivity contribution in [1.29, 1.82) is 0 Å². The Morgan fingerprint density at radius 2 is 1.65 bits per heavy atom. The van der Waals surface area contributed by atoms with Gasteiger partial charge in [0, 0.05) is 37.1 Å². The molecule has 0 bridgehead atoms. The van der Waals surface area contributed by atoms with Crippen LogP contribution in [0.4, 0.5) is 10.5 Å². The number of nitrogens with zero attached hydrogens (tertiary/aromatic N) is 2. The Morgan fingerprint density at radius 3 is 2.35 bits per heavy atom. The molecule has 192 valence electrons. The second kappa shape index (κ2) is 11.1. The van der Waals surface area contributed by atoms with Gasteiger partial charge in [-0.15, -0.1) is 0 Å². The third-order valence-electron chi connectivity index (χ3n) is 6.58. The van der Waals surface area contributed by atoms with Crippen LogP contribution in [0.2, 0.25) is 0 Å². The van der Waals surface area contributed by atoms with Gasteiger partial charge in [-0.05, 0) is 42.5 Å². The van der Waals surface area contributed by atoms with Crippen LogP contribution in [0.3, 0.4) is 0 Å². The number of ether oxygens (including phenoxy) is 1. The summed E-state index contributed by atoms with van der Waals surface area (Å²) in [6, 6.07) is 17.1. The number of carboxylic acids is 1. The van der Waals surface area contributed by atoms with E-state index in [4.69, 9.17) is 10.5 Å². The highest BCUT2D eigenvalue weighted by molar-refractivity contribution is 6.16. The molecule has 1 heterocycles. The van der Waals surface area contributed by atoms with Crippen molar-refractivity contribution < 1.29 is 29.0 Å². The van der Waals surface area contributed by atoms with Crippen LogP contribution >= 0.6 is 0 Å². The number of piperazine rings is 1. The number of fused-ring (bicyclic) bond motifs is 1. The maximum Gasteiger partial charge on any atom is 0.409 e. The number of carboxylic acid groups (broad SMARTS) is 1. The van der Waals surface area contributed by atoms with Gasteiger partial charge in [0.2, 0.25) is 5.91 Å². The molecule has 1 saturated heterocycles. The molecule has 0 radical (unpaired) electrons. The first kappa shape index (κ1) is 25.7. The van der Waals surface area contributed by atoms with Crippen LogP contribution in [-0.2, 0) is 16.0 Å². The number of Topliss-reactive ketones (excluding diaryl/α,β-unsaturated/α-hetero) is 1. The number of nitrogen functional groups attached to an aromatic ring is 1. The number of amides is 2. The molecule has 4 rings (SSSR count). The lowest BCUT2D eigenvalue weighted by atomic mass is 9.87. The van der Waals surface area contributed by atoms with Crippen LogP contribution < -0.4 is 5.73 Å². The van der Waals surface area contributed by atoms with E-state index in [0.717, 1.165) is 10.8 Å². The van der Waals surface area contributed by atoms with Crippen LogP contribution in [0.25, 0.3) is 10.8 Å². The van der Waals surface area contributed by atoms with E-state index in [1.807, 2.05) is 24.3 Å². The summed E-state index contributed by atoms with van der Waals surface area (Å²) in [5, 5.41) is 11.0. The molecule has 1 aliphatic heterocycles. The largest absolute Gasteiger partial charge is 0.478 e. The molecule has 1 aliphatic rings. The molecule has 1 fully saturated rings. The topological polar surface area (TPSA) is 130 Å². The van der Waals surface area contributed by atoms with E-state index < -0.39 is 23.8 Å². The van der Waals surface area contributed by atoms with Gasteiger partial charge in [0.05, 0.1) is 17.9 Å². The molecule has 2 amide bonds. The number of benzene rings is 3. The lowest BCUT2D eigenvalue weighted by molar-refractivity contribution is -0.135. The number of hydrogen-bond acceptors (Lipinski definition) is 6. The predicted molar refractivity (Wildman–Crippen MR) is 138 cm³/mol. The van der Waals surface area contributed by atoms with Crippen LogP contribution in [-0.4, -0.2) is 71.4 Å². The number of rotatable bonds is 7. The van der Waals surface area contributed by atoms with E-state index in [2.05, 4.69) is 0 Å². The lowest BCUT2D eigenvalue weighted by Gasteiger charge is -2.35. The van der Waals surface area contributed by atoms with Crippen molar-refractivity contribution in [3.05, 3.63) is 77.4 Å². The van der Waals surface area contributed by atoms with Crippen molar-refractivity contribution in [2.24, 2.45) is 5.92 Å². The Morgan fingerprint density at radius 1 is 0.946 bits per heavy atom. The fourth-order valence-electron chi connectivity index (χ4n) is 4.60. The number of carbonyl (C=O) groups is 4. The Balaban J connectivity index is 1.64. The molecule has 37 heavy (non-hydrogen) atoms. The van der Waals surface area contributed by atoms with Gasteiger partial charge < -0.3 is 25.4 Å². The third-order valence-corrected chi connectivity index (χ3v) is 6.58. The van der Waals surface area contributed by atoms with Crippen molar-refractivity contribution >= 4 is 40.2 Å². The second-order valence-corrected chi connectivity index (χ2v) is 8.89. The highest BCUT2D eigenvalue weighted by Crippen LogP contribution is 2.28. The van der Waals surface area contributed by atoms with Crippen LogP contribution in [0.1, 0.15) is 33.2 Å². The van der Waals surface area contributed by atoms with Crippen molar-refractivity contribution in [3.8, 4) is 0 Å². The van der Waals surface area contributed by atoms with Crippen LogP contribution in [0.15, 0.2) is 60.7 Å². The lowest BCUT2D eigenvalue weighted by Crippen LogP contribution is -2.53. The Bertz CT molecular complexity index is 1350.